The Balaban J connectivity index is 2.47. The fourth-order valence-electron chi connectivity index (χ4n) is 2.72. The van der Waals surface area contributed by atoms with Crippen molar-refractivity contribution in [3.63, 3.8) is 0 Å². The Labute approximate surface area is 88.1 Å². The molecule has 0 radical (unpaired) electrons. The molecule has 0 aromatic rings. The van der Waals surface area contributed by atoms with E-state index in [0.29, 0.717) is 5.41 Å². The monoisotopic (exact) mass is 199 g/mol. The predicted octanol–water partition coefficient (Wildman–Crippen LogP) is 2.32. The van der Waals surface area contributed by atoms with Crippen molar-refractivity contribution in [2.45, 2.75) is 58.5 Å². The van der Waals surface area contributed by atoms with Crippen LogP contribution in [0.15, 0.2) is 0 Å². The van der Waals surface area contributed by atoms with Gasteiger partial charge < -0.3 is 10.4 Å². The fourth-order valence-corrected chi connectivity index (χ4v) is 2.72. The van der Waals surface area contributed by atoms with Crippen molar-refractivity contribution in [3.05, 3.63) is 0 Å². The first-order valence-corrected chi connectivity index (χ1v) is 5.91. The lowest BCUT2D eigenvalue weighted by atomic mass is 9.74. The SMILES string of the molecule is CCCC(C)(C)CC1(O)CCNCC1. The van der Waals surface area contributed by atoms with Crippen LogP contribution >= 0.6 is 0 Å². The molecule has 1 saturated heterocycles. The number of piperidine rings is 1. The van der Waals surface area contributed by atoms with Gasteiger partial charge in [0.2, 0.25) is 0 Å². The van der Waals surface area contributed by atoms with E-state index < -0.39 is 5.60 Å². The summed E-state index contributed by atoms with van der Waals surface area (Å²) in [6, 6.07) is 0. The van der Waals surface area contributed by atoms with Crippen LogP contribution in [0.25, 0.3) is 0 Å². The molecule has 0 spiro atoms. The van der Waals surface area contributed by atoms with Crippen molar-refractivity contribution in [2.24, 2.45) is 5.41 Å². The van der Waals surface area contributed by atoms with E-state index in [1.165, 1.54) is 12.8 Å². The maximum absolute atomic E-state index is 10.4. The molecule has 1 aliphatic rings. The minimum absolute atomic E-state index is 0.292. The number of aliphatic hydroxyl groups is 1. The van der Waals surface area contributed by atoms with Crippen LogP contribution in [0.5, 0.6) is 0 Å². The molecule has 0 amide bonds. The number of nitrogens with one attached hydrogen (secondary N) is 1. The second kappa shape index (κ2) is 4.63. The zero-order valence-corrected chi connectivity index (χ0v) is 9.90. The molecule has 0 aromatic carbocycles. The van der Waals surface area contributed by atoms with Gasteiger partial charge in [0, 0.05) is 0 Å². The molecule has 1 rings (SSSR count). The Morgan fingerprint density at radius 1 is 1.29 bits per heavy atom. The van der Waals surface area contributed by atoms with Crippen LogP contribution in [0.3, 0.4) is 0 Å². The molecule has 0 bridgehead atoms. The molecule has 84 valence electrons. The van der Waals surface area contributed by atoms with Crippen molar-refractivity contribution < 1.29 is 5.11 Å². The van der Waals surface area contributed by atoms with E-state index in [0.717, 1.165) is 32.4 Å². The van der Waals surface area contributed by atoms with Gasteiger partial charge in [0.1, 0.15) is 0 Å². The van der Waals surface area contributed by atoms with E-state index in [1.807, 2.05) is 0 Å². The highest BCUT2D eigenvalue weighted by molar-refractivity contribution is 4.89. The molecule has 0 aromatic heterocycles. The minimum Gasteiger partial charge on any atom is -0.390 e. The van der Waals surface area contributed by atoms with Gasteiger partial charge in [-0.15, -0.1) is 0 Å². The van der Waals surface area contributed by atoms with Crippen LogP contribution in [0.2, 0.25) is 0 Å². The van der Waals surface area contributed by atoms with Crippen molar-refractivity contribution in [3.8, 4) is 0 Å². The molecule has 0 atom stereocenters. The summed E-state index contributed by atoms with van der Waals surface area (Å²) in [5, 5.41) is 13.7. The Bertz CT molecular complexity index is 171. The average Bonchev–Trinajstić information content (AvgIpc) is 2.02. The smallest absolute Gasteiger partial charge is 0.0677 e. The van der Waals surface area contributed by atoms with Crippen molar-refractivity contribution >= 4 is 0 Å². The van der Waals surface area contributed by atoms with Crippen molar-refractivity contribution in [1.29, 1.82) is 0 Å². The molecule has 0 saturated carbocycles. The molecule has 2 heteroatoms. The Kier molecular flexibility index (Phi) is 3.96. The first-order valence-electron chi connectivity index (χ1n) is 5.91. The molecule has 2 N–H and O–H groups in total. The second-order valence-corrected chi connectivity index (χ2v) is 5.57. The van der Waals surface area contributed by atoms with Gasteiger partial charge in [0.25, 0.3) is 0 Å². The summed E-state index contributed by atoms with van der Waals surface area (Å²) in [6.45, 7) is 8.71. The fraction of sp³-hybridized carbons (Fsp3) is 1.00. The number of rotatable bonds is 4. The summed E-state index contributed by atoms with van der Waals surface area (Å²) < 4.78 is 0. The quantitative estimate of drug-likeness (QED) is 0.728. The normalized spacial score (nSPS) is 22.3. The maximum atomic E-state index is 10.4. The van der Waals surface area contributed by atoms with E-state index in [4.69, 9.17) is 0 Å². The topological polar surface area (TPSA) is 32.3 Å². The van der Waals surface area contributed by atoms with E-state index in [-0.39, 0.29) is 0 Å². The van der Waals surface area contributed by atoms with Gasteiger partial charge in [-0.25, -0.2) is 0 Å². The second-order valence-electron chi connectivity index (χ2n) is 5.57. The highest BCUT2D eigenvalue weighted by Gasteiger charge is 2.34. The van der Waals surface area contributed by atoms with Gasteiger partial charge in [-0.3, -0.25) is 0 Å². The maximum Gasteiger partial charge on any atom is 0.0677 e. The number of hydrogen-bond acceptors (Lipinski definition) is 2. The summed E-state index contributed by atoms with van der Waals surface area (Å²) in [6.07, 6.45) is 5.21. The molecule has 0 aliphatic carbocycles. The van der Waals surface area contributed by atoms with Crippen molar-refractivity contribution in [1.82, 2.24) is 5.32 Å². The third-order valence-corrected chi connectivity index (χ3v) is 3.27. The van der Waals surface area contributed by atoms with Gasteiger partial charge in [-0.05, 0) is 44.2 Å². The molecule has 1 fully saturated rings. The Morgan fingerprint density at radius 2 is 1.86 bits per heavy atom. The van der Waals surface area contributed by atoms with Crippen molar-refractivity contribution in [2.75, 3.05) is 13.1 Å². The van der Waals surface area contributed by atoms with Gasteiger partial charge in [-0.1, -0.05) is 27.2 Å². The lowest BCUT2D eigenvalue weighted by Gasteiger charge is -2.39. The summed E-state index contributed by atoms with van der Waals surface area (Å²) in [5.41, 5.74) is -0.106. The molecule has 2 nitrogen and oxygen atoms in total. The molecular weight excluding hydrogens is 174 g/mol. The third kappa shape index (κ3) is 3.58. The zero-order valence-electron chi connectivity index (χ0n) is 9.90. The molecular formula is C12H25NO. The zero-order chi connectivity index (χ0) is 10.7. The largest absolute Gasteiger partial charge is 0.390 e. The average molecular weight is 199 g/mol. The molecule has 14 heavy (non-hydrogen) atoms. The summed E-state index contributed by atoms with van der Waals surface area (Å²) in [4.78, 5) is 0. The van der Waals surface area contributed by atoms with Crippen LogP contribution < -0.4 is 5.32 Å². The van der Waals surface area contributed by atoms with E-state index >= 15 is 0 Å². The summed E-state index contributed by atoms with van der Waals surface area (Å²) >= 11 is 0. The summed E-state index contributed by atoms with van der Waals surface area (Å²) in [5.74, 6) is 0. The highest BCUT2D eigenvalue weighted by Crippen LogP contribution is 2.36. The van der Waals surface area contributed by atoms with Crippen LogP contribution in [-0.4, -0.2) is 23.8 Å². The molecule has 1 aliphatic heterocycles. The number of hydrogen-bond donors (Lipinski definition) is 2. The van der Waals surface area contributed by atoms with Crippen LogP contribution in [-0.2, 0) is 0 Å². The third-order valence-electron chi connectivity index (χ3n) is 3.27. The Morgan fingerprint density at radius 3 is 2.36 bits per heavy atom. The van der Waals surface area contributed by atoms with E-state index in [9.17, 15) is 5.11 Å². The summed E-state index contributed by atoms with van der Waals surface area (Å²) in [7, 11) is 0. The van der Waals surface area contributed by atoms with E-state index in [1.54, 1.807) is 0 Å². The Hall–Kier alpha value is -0.0800. The van der Waals surface area contributed by atoms with Gasteiger partial charge in [0.15, 0.2) is 0 Å². The van der Waals surface area contributed by atoms with Crippen LogP contribution in [0.4, 0.5) is 0 Å². The molecule has 0 unspecified atom stereocenters. The van der Waals surface area contributed by atoms with Crippen LogP contribution in [0, 0.1) is 5.41 Å². The van der Waals surface area contributed by atoms with Crippen LogP contribution in [0.1, 0.15) is 52.9 Å². The lowest BCUT2D eigenvalue weighted by Crippen LogP contribution is -2.44. The first kappa shape index (κ1) is 12.0. The standard InChI is InChI=1S/C12H25NO/c1-4-5-11(2,3)10-12(14)6-8-13-9-7-12/h13-14H,4-10H2,1-3H3. The van der Waals surface area contributed by atoms with Gasteiger partial charge in [-0.2, -0.15) is 0 Å². The minimum atomic E-state index is -0.399. The first-order chi connectivity index (χ1) is 6.47. The van der Waals surface area contributed by atoms with E-state index in [2.05, 4.69) is 26.1 Å². The highest BCUT2D eigenvalue weighted by atomic mass is 16.3. The van der Waals surface area contributed by atoms with Gasteiger partial charge >= 0.3 is 0 Å². The van der Waals surface area contributed by atoms with Gasteiger partial charge in [0.05, 0.1) is 5.60 Å². The lowest BCUT2D eigenvalue weighted by molar-refractivity contribution is -0.0287. The predicted molar refractivity (Wildman–Crippen MR) is 60.4 cm³/mol. The molecule has 1 heterocycles.